The van der Waals surface area contributed by atoms with Crippen molar-refractivity contribution in [2.75, 3.05) is 5.73 Å². The van der Waals surface area contributed by atoms with Gasteiger partial charge < -0.3 is 10.3 Å². The van der Waals surface area contributed by atoms with Crippen LogP contribution >= 0.6 is 11.6 Å². The summed E-state index contributed by atoms with van der Waals surface area (Å²) in [5.41, 5.74) is 7.13. The Kier molecular flexibility index (Phi) is 2.37. The smallest absolute Gasteiger partial charge is 0.241 e. The second-order valence-electron chi connectivity index (χ2n) is 2.73. The predicted octanol–water partition coefficient (Wildman–Crippen LogP) is 2.06. The van der Waals surface area contributed by atoms with Gasteiger partial charge in [-0.2, -0.15) is 4.98 Å². The van der Waals surface area contributed by atoms with Gasteiger partial charge in [0.25, 0.3) is 0 Å². The van der Waals surface area contributed by atoms with E-state index < -0.39 is 0 Å². The highest BCUT2D eigenvalue weighted by atomic mass is 35.5. The van der Waals surface area contributed by atoms with Crippen molar-refractivity contribution in [3.05, 3.63) is 30.2 Å². The summed E-state index contributed by atoms with van der Waals surface area (Å²) in [6, 6.07) is 7.33. The summed E-state index contributed by atoms with van der Waals surface area (Å²) < 4.78 is 4.87. The Bertz CT molecular complexity index is 441. The van der Waals surface area contributed by atoms with E-state index in [1.807, 2.05) is 18.2 Å². The molecule has 0 unspecified atom stereocenters. The highest BCUT2D eigenvalue weighted by Gasteiger charge is 2.09. The van der Waals surface area contributed by atoms with Gasteiger partial charge in [0.15, 0.2) is 0 Å². The molecule has 0 spiro atoms. The first-order valence-electron chi connectivity index (χ1n) is 4.04. The lowest BCUT2D eigenvalue weighted by molar-refractivity contribution is 0.391. The molecule has 0 bridgehead atoms. The molecule has 0 atom stereocenters. The van der Waals surface area contributed by atoms with Crippen LogP contribution in [0.5, 0.6) is 0 Å². The first-order valence-corrected chi connectivity index (χ1v) is 4.58. The molecule has 0 fully saturated rings. The lowest BCUT2D eigenvalue weighted by Gasteiger charge is -1.97. The number of hydrogen-bond donors (Lipinski definition) is 1. The molecule has 1 aromatic heterocycles. The van der Waals surface area contributed by atoms with Crippen LogP contribution in [0.1, 0.15) is 5.89 Å². The van der Waals surface area contributed by atoms with Gasteiger partial charge in [0.2, 0.25) is 11.7 Å². The summed E-state index contributed by atoms with van der Waals surface area (Å²) in [5, 5.41) is 3.77. The average Bonchev–Trinajstić information content (AvgIpc) is 2.67. The molecular weight excluding hydrogens is 202 g/mol. The zero-order valence-electron chi connectivity index (χ0n) is 7.27. The lowest BCUT2D eigenvalue weighted by atomic mass is 10.2. The Morgan fingerprint density at radius 2 is 2.14 bits per heavy atom. The molecule has 1 heterocycles. The van der Waals surface area contributed by atoms with Crippen LogP contribution in [-0.2, 0) is 5.88 Å². The van der Waals surface area contributed by atoms with Crippen LogP contribution in [0.2, 0.25) is 0 Å². The van der Waals surface area contributed by atoms with Crippen LogP contribution in [-0.4, -0.2) is 10.1 Å². The Morgan fingerprint density at radius 3 is 2.79 bits per heavy atom. The largest absolute Gasteiger partial charge is 0.398 e. The second-order valence-corrected chi connectivity index (χ2v) is 3.00. The summed E-state index contributed by atoms with van der Waals surface area (Å²) >= 11 is 5.54. The monoisotopic (exact) mass is 209 g/mol. The fraction of sp³-hybridized carbons (Fsp3) is 0.111. The Balaban J connectivity index is 2.44. The molecule has 0 aliphatic heterocycles. The van der Waals surface area contributed by atoms with Gasteiger partial charge in [-0.05, 0) is 12.1 Å². The number of nitrogens with two attached hydrogens (primary N) is 1. The number of aromatic nitrogens is 2. The topological polar surface area (TPSA) is 64.9 Å². The van der Waals surface area contributed by atoms with E-state index in [0.29, 0.717) is 17.4 Å². The highest BCUT2D eigenvalue weighted by molar-refractivity contribution is 6.16. The quantitative estimate of drug-likeness (QED) is 0.607. The second kappa shape index (κ2) is 3.67. The molecule has 0 saturated carbocycles. The van der Waals surface area contributed by atoms with Gasteiger partial charge in [0, 0.05) is 11.3 Å². The molecule has 0 amide bonds. The van der Waals surface area contributed by atoms with Crippen LogP contribution in [0.25, 0.3) is 11.4 Å². The third-order valence-electron chi connectivity index (χ3n) is 1.78. The molecule has 14 heavy (non-hydrogen) atoms. The lowest BCUT2D eigenvalue weighted by Crippen LogP contribution is -1.90. The van der Waals surface area contributed by atoms with Crippen LogP contribution in [0.4, 0.5) is 5.69 Å². The van der Waals surface area contributed by atoms with Crippen LogP contribution in [0.15, 0.2) is 28.8 Å². The van der Waals surface area contributed by atoms with E-state index in [0.717, 1.165) is 5.56 Å². The molecule has 72 valence electrons. The molecule has 0 aliphatic rings. The number of halogens is 1. The molecule has 5 heteroatoms. The standard InChI is InChI=1S/C9H8ClN3O/c10-5-8-12-9(13-14-8)6-3-1-2-4-7(6)11/h1-4H,5,11H2. The van der Waals surface area contributed by atoms with Crippen molar-refractivity contribution < 1.29 is 4.52 Å². The number of rotatable bonds is 2. The first kappa shape index (κ1) is 9.02. The van der Waals surface area contributed by atoms with Gasteiger partial charge in [-0.15, -0.1) is 11.6 Å². The highest BCUT2D eigenvalue weighted by Crippen LogP contribution is 2.22. The molecule has 2 rings (SSSR count). The van der Waals surface area contributed by atoms with Gasteiger partial charge in [0.1, 0.15) is 5.88 Å². The average molecular weight is 210 g/mol. The summed E-state index contributed by atoms with van der Waals surface area (Å²) in [6.07, 6.45) is 0. The number of anilines is 1. The molecule has 1 aromatic carbocycles. The fourth-order valence-corrected chi connectivity index (χ4v) is 1.23. The van der Waals surface area contributed by atoms with Gasteiger partial charge in [-0.1, -0.05) is 17.3 Å². The summed E-state index contributed by atoms with van der Waals surface area (Å²) in [7, 11) is 0. The van der Waals surface area contributed by atoms with Crippen LogP contribution < -0.4 is 5.73 Å². The van der Waals surface area contributed by atoms with E-state index in [1.54, 1.807) is 6.07 Å². The van der Waals surface area contributed by atoms with Crippen molar-refractivity contribution in [1.29, 1.82) is 0 Å². The van der Waals surface area contributed by atoms with E-state index >= 15 is 0 Å². The maximum atomic E-state index is 5.75. The molecule has 4 nitrogen and oxygen atoms in total. The van der Waals surface area contributed by atoms with Gasteiger partial charge in [-0.25, -0.2) is 0 Å². The molecule has 0 saturated heterocycles. The van der Waals surface area contributed by atoms with E-state index in [9.17, 15) is 0 Å². The van der Waals surface area contributed by atoms with Crippen molar-refractivity contribution in [2.24, 2.45) is 0 Å². The van der Waals surface area contributed by atoms with Crippen molar-refractivity contribution in [3.63, 3.8) is 0 Å². The molecule has 0 aliphatic carbocycles. The Morgan fingerprint density at radius 1 is 1.36 bits per heavy atom. The maximum Gasteiger partial charge on any atom is 0.241 e. The van der Waals surface area contributed by atoms with Crippen molar-refractivity contribution in [1.82, 2.24) is 10.1 Å². The van der Waals surface area contributed by atoms with E-state index in [-0.39, 0.29) is 5.88 Å². The normalized spacial score (nSPS) is 10.4. The minimum atomic E-state index is 0.208. The summed E-state index contributed by atoms with van der Waals surface area (Å²) in [6.45, 7) is 0. The zero-order valence-corrected chi connectivity index (χ0v) is 8.03. The van der Waals surface area contributed by atoms with E-state index in [1.165, 1.54) is 0 Å². The molecule has 0 radical (unpaired) electrons. The van der Waals surface area contributed by atoms with Gasteiger partial charge in [0.05, 0.1) is 0 Å². The van der Waals surface area contributed by atoms with Crippen molar-refractivity contribution >= 4 is 17.3 Å². The Hall–Kier alpha value is -1.55. The van der Waals surface area contributed by atoms with Crippen molar-refractivity contribution in [3.8, 4) is 11.4 Å². The predicted molar refractivity (Wildman–Crippen MR) is 53.7 cm³/mol. The third-order valence-corrected chi connectivity index (χ3v) is 2.01. The molecule has 2 N–H and O–H groups in total. The van der Waals surface area contributed by atoms with Gasteiger partial charge >= 0.3 is 0 Å². The fourth-order valence-electron chi connectivity index (χ4n) is 1.12. The van der Waals surface area contributed by atoms with Crippen LogP contribution in [0.3, 0.4) is 0 Å². The Labute approximate surface area is 85.7 Å². The number of hydrogen-bond acceptors (Lipinski definition) is 4. The van der Waals surface area contributed by atoms with Crippen LogP contribution in [0, 0.1) is 0 Å². The van der Waals surface area contributed by atoms with Gasteiger partial charge in [-0.3, -0.25) is 0 Å². The first-order chi connectivity index (χ1) is 6.81. The minimum absolute atomic E-state index is 0.208. The molecular formula is C9H8ClN3O. The summed E-state index contributed by atoms with van der Waals surface area (Å²) in [4.78, 5) is 4.07. The van der Waals surface area contributed by atoms with E-state index in [4.69, 9.17) is 21.9 Å². The number of alkyl halides is 1. The molecule has 2 aromatic rings. The number of para-hydroxylation sites is 1. The SMILES string of the molecule is Nc1ccccc1-c1noc(CCl)n1. The van der Waals surface area contributed by atoms with E-state index in [2.05, 4.69) is 10.1 Å². The summed E-state index contributed by atoms with van der Waals surface area (Å²) in [5.74, 6) is 1.07. The minimum Gasteiger partial charge on any atom is -0.398 e. The maximum absolute atomic E-state index is 5.75. The zero-order chi connectivity index (χ0) is 9.97. The number of nitrogens with zero attached hydrogens (tertiary/aromatic N) is 2. The number of benzene rings is 1. The third kappa shape index (κ3) is 1.56. The van der Waals surface area contributed by atoms with Crippen molar-refractivity contribution in [2.45, 2.75) is 5.88 Å². The number of nitrogen functional groups attached to an aromatic ring is 1.